The molecule has 0 amide bonds. The summed E-state index contributed by atoms with van der Waals surface area (Å²) >= 11 is 12.5. The van der Waals surface area contributed by atoms with Crippen LogP contribution in [0.5, 0.6) is 0 Å². The van der Waals surface area contributed by atoms with E-state index in [1.165, 1.54) is 4.31 Å². The lowest BCUT2D eigenvalue weighted by Crippen LogP contribution is -2.33. The summed E-state index contributed by atoms with van der Waals surface area (Å²) in [5.74, 6) is -0.467. The molecule has 2 aromatic rings. The number of sulfonamides is 1. The van der Waals surface area contributed by atoms with Crippen LogP contribution in [-0.4, -0.2) is 31.8 Å². The Morgan fingerprint density at radius 1 is 1.03 bits per heavy atom. The molecule has 0 bridgehead atoms. The molecule has 0 spiro atoms. The molecular weight excluding hydrogens is 445 g/mol. The molecule has 8 heteroatoms. The van der Waals surface area contributed by atoms with E-state index in [0.717, 1.165) is 5.56 Å². The van der Waals surface area contributed by atoms with Crippen molar-refractivity contribution >= 4 is 39.2 Å². The summed E-state index contributed by atoms with van der Waals surface area (Å²) in [5.41, 5.74) is 1.41. The van der Waals surface area contributed by atoms with Crippen LogP contribution in [0, 0.1) is 0 Å². The third-order valence-corrected chi connectivity index (χ3v) is 7.19. The van der Waals surface area contributed by atoms with Crippen molar-refractivity contribution in [2.45, 2.75) is 51.0 Å². The van der Waals surface area contributed by atoms with Crippen LogP contribution in [0.1, 0.15) is 45.2 Å². The van der Waals surface area contributed by atoms with E-state index >= 15 is 0 Å². The van der Waals surface area contributed by atoms with E-state index in [4.69, 9.17) is 27.9 Å². The minimum absolute atomic E-state index is 0.0518. The van der Waals surface area contributed by atoms with E-state index in [-0.39, 0.29) is 36.4 Å². The Morgan fingerprint density at radius 2 is 1.60 bits per heavy atom. The third kappa shape index (κ3) is 6.20. The van der Waals surface area contributed by atoms with Crippen molar-refractivity contribution in [2.75, 3.05) is 13.2 Å². The number of rotatable bonds is 8. The molecule has 0 unspecified atom stereocenters. The minimum Gasteiger partial charge on any atom is -0.466 e. The molecule has 0 aliphatic carbocycles. The van der Waals surface area contributed by atoms with Gasteiger partial charge in [-0.05, 0) is 42.2 Å². The SMILES string of the molecule is CCOC(=O)CCN(Cc1c(Cl)cccc1Cl)S(=O)(=O)c1ccc(C(C)(C)C)cc1. The second kappa shape index (κ2) is 10.1. The number of hydrogen-bond acceptors (Lipinski definition) is 4. The van der Waals surface area contributed by atoms with Gasteiger partial charge in [-0.2, -0.15) is 4.31 Å². The van der Waals surface area contributed by atoms with E-state index in [2.05, 4.69) is 20.8 Å². The highest BCUT2D eigenvalue weighted by Crippen LogP contribution is 2.29. The van der Waals surface area contributed by atoms with Gasteiger partial charge < -0.3 is 4.74 Å². The van der Waals surface area contributed by atoms with Crippen molar-refractivity contribution in [1.82, 2.24) is 4.31 Å². The standard InChI is InChI=1S/C22H27Cl2NO4S/c1-5-29-21(26)13-14-25(15-18-19(23)7-6-8-20(18)24)30(27,28)17-11-9-16(10-12-17)22(2,3)4/h6-12H,5,13-15H2,1-4H3. The van der Waals surface area contributed by atoms with Gasteiger partial charge >= 0.3 is 5.97 Å². The molecule has 0 heterocycles. The first-order valence-corrected chi connectivity index (χ1v) is 11.9. The summed E-state index contributed by atoms with van der Waals surface area (Å²) in [6.45, 7) is 8.00. The van der Waals surface area contributed by atoms with Crippen molar-refractivity contribution < 1.29 is 17.9 Å². The first-order chi connectivity index (χ1) is 14.0. The fourth-order valence-electron chi connectivity index (χ4n) is 2.87. The van der Waals surface area contributed by atoms with Gasteiger partial charge in [0.25, 0.3) is 0 Å². The third-order valence-electron chi connectivity index (χ3n) is 4.62. The van der Waals surface area contributed by atoms with Gasteiger partial charge in [0.15, 0.2) is 0 Å². The molecule has 0 aliphatic heterocycles. The van der Waals surface area contributed by atoms with Crippen molar-refractivity contribution in [1.29, 1.82) is 0 Å². The van der Waals surface area contributed by atoms with Crippen LogP contribution in [0.15, 0.2) is 47.4 Å². The second-order valence-electron chi connectivity index (χ2n) is 7.87. The average molecular weight is 472 g/mol. The minimum atomic E-state index is -3.90. The second-order valence-corrected chi connectivity index (χ2v) is 10.6. The van der Waals surface area contributed by atoms with Gasteiger partial charge in [0, 0.05) is 28.7 Å². The molecule has 0 atom stereocenters. The van der Waals surface area contributed by atoms with Crippen molar-refractivity contribution in [3.05, 3.63) is 63.6 Å². The number of halogens is 2. The van der Waals surface area contributed by atoms with Crippen LogP contribution in [0.4, 0.5) is 0 Å². The number of carbonyl (C=O) groups is 1. The number of hydrogen-bond donors (Lipinski definition) is 0. The summed E-state index contributed by atoms with van der Waals surface area (Å²) in [6, 6.07) is 11.8. The van der Waals surface area contributed by atoms with Crippen LogP contribution in [0.2, 0.25) is 10.0 Å². The van der Waals surface area contributed by atoms with Gasteiger partial charge in [-0.3, -0.25) is 4.79 Å². The molecule has 0 saturated heterocycles. The number of nitrogens with zero attached hydrogens (tertiary/aromatic N) is 1. The Bertz CT molecular complexity index is 963. The number of esters is 1. The van der Waals surface area contributed by atoms with Gasteiger partial charge in [-0.25, -0.2) is 8.42 Å². The van der Waals surface area contributed by atoms with Gasteiger partial charge in [-0.1, -0.05) is 62.2 Å². The van der Waals surface area contributed by atoms with Crippen LogP contribution in [0.3, 0.4) is 0 Å². The number of benzene rings is 2. The monoisotopic (exact) mass is 471 g/mol. The molecule has 0 aliphatic rings. The Morgan fingerprint density at radius 3 is 2.10 bits per heavy atom. The maximum Gasteiger partial charge on any atom is 0.307 e. The maximum atomic E-state index is 13.4. The molecule has 0 radical (unpaired) electrons. The molecule has 5 nitrogen and oxygen atoms in total. The van der Waals surface area contributed by atoms with E-state index in [1.807, 2.05) is 0 Å². The molecule has 0 N–H and O–H groups in total. The predicted octanol–water partition coefficient (Wildman–Crippen LogP) is 5.44. The lowest BCUT2D eigenvalue weighted by atomic mass is 9.87. The Hall–Kier alpha value is -1.60. The highest BCUT2D eigenvalue weighted by molar-refractivity contribution is 7.89. The molecule has 2 aromatic carbocycles. The highest BCUT2D eigenvalue weighted by atomic mass is 35.5. The van der Waals surface area contributed by atoms with Crippen LogP contribution >= 0.6 is 23.2 Å². The first-order valence-electron chi connectivity index (χ1n) is 9.66. The van der Waals surface area contributed by atoms with Crippen molar-refractivity contribution in [2.24, 2.45) is 0 Å². The normalized spacial score (nSPS) is 12.2. The van der Waals surface area contributed by atoms with Crippen LogP contribution in [-0.2, 0) is 31.5 Å². The summed E-state index contributed by atoms with van der Waals surface area (Å²) in [4.78, 5) is 12.0. The zero-order chi connectivity index (χ0) is 22.5. The van der Waals surface area contributed by atoms with Gasteiger partial charge in [0.1, 0.15) is 0 Å². The zero-order valence-electron chi connectivity index (χ0n) is 17.6. The van der Waals surface area contributed by atoms with Gasteiger partial charge in [-0.15, -0.1) is 0 Å². The fourth-order valence-corrected chi connectivity index (χ4v) is 4.79. The number of ether oxygens (including phenoxy) is 1. The topological polar surface area (TPSA) is 63.7 Å². The van der Waals surface area contributed by atoms with E-state index < -0.39 is 16.0 Å². The van der Waals surface area contributed by atoms with E-state index in [9.17, 15) is 13.2 Å². The van der Waals surface area contributed by atoms with Gasteiger partial charge in [0.2, 0.25) is 10.0 Å². The van der Waals surface area contributed by atoms with Crippen LogP contribution in [0.25, 0.3) is 0 Å². The average Bonchev–Trinajstić information content (AvgIpc) is 2.66. The summed E-state index contributed by atoms with van der Waals surface area (Å²) < 4.78 is 32.9. The van der Waals surface area contributed by atoms with Crippen molar-refractivity contribution in [3.63, 3.8) is 0 Å². The molecule has 164 valence electrons. The lowest BCUT2D eigenvalue weighted by molar-refractivity contribution is -0.143. The molecule has 30 heavy (non-hydrogen) atoms. The number of carbonyl (C=O) groups excluding carboxylic acids is 1. The van der Waals surface area contributed by atoms with E-state index in [1.54, 1.807) is 49.4 Å². The summed E-state index contributed by atoms with van der Waals surface area (Å²) in [5, 5.41) is 0.726. The highest BCUT2D eigenvalue weighted by Gasteiger charge is 2.27. The molecule has 0 fully saturated rings. The zero-order valence-corrected chi connectivity index (χ0v) is 19.9. The predicted molar refractivity (Wildman–Crippen MR) is 120 cm³/mol. The first kappa shape index (κ1) is 24.7. The Balaban J connectivity index is 2.39. The Labute approximate surface area is 189 Å². The molecule has 2 rings (SSSR count). The largest absolute Gasteiger partial charge is 0.466 e. The van der Waals surface area contributed by atoms with Gasteiger partial charge in [0.05, 0.1) is 17.9 Å². The lowest BCUT2D eigenvalue weighted by Gasteiger charge is -2.24. The van der Waals surface area contributed by atoms with E-state index in [0.29, 0.717) is 15.6 Å². The van der Waals surface area contributed by atoms with Crippen molar-refractivity contribution in [3.8, 4) is 0 Å². The van der Waals surface area contributed by atoms with Crippen LogP contribution < -0.4 is 0 Å². The molecule has 0 saturated carbocycles. The quantitative estimate of drug-likeness (QED) is 0.481. The summed E-state index contributed by atoms with van der Waals surface area (Å²) in [7, 11) is -3.90. The molecule has 0 aromatic heterocycles. The Kier molecular flexibility index (Phi) is 8.34. The maximum absolute atomic E-state index is 13.4. The fraction of sp³-hybridized carbons (Fsp3) is 0.409. The summed E-state index contributed by atoms with van der Waals surface area (Å²) in [6.07, 6.45) is -0.0742. The molecular formula is C22H27Cl2NO4S. The smallest absolute Gasteiger partial charge is 0.307 e.